The van der Waals surface area contributed by atoms with Crippen LogP contribution < -0.4 is 5.73 Å². The predicted octanol–water partition coefficient (Wildman–Crippen LogP) is 0.893. The molecule has 2 N–H and O–H groups in total. The molecule has 1 amide bonds. The second-order valence-corrected chi connectivity index (χ2v) is 7.04. The summed E-state index contributed by atoms with van der Waals surface area (Å²) >= 11 is 0. The molecule has 0 aliphatic carbocycles. The average Bonchev–Trinajstić information content (AvgIpc) is 2.47. The van der Waals surface area contributed by atoms with Crippen LogP contribution in [-0.4, -0.2) is 44.4 Å². The van der Waals surface area contributed by atoms with Gasteiger partial charge in [0.05, 0.1) is 17.6 Å². The second-order valence-electron chi connectivity index (χ2n) is 5.11. The van der Waals surface area contributed by atoms with Gasteiger partial charge in [-0.05, 0) is 31.0 Å². The Balaban J connectivity index is 2.35. The highest BCUT2D eigenvalue weighted by Gasteiger charge is 2.30. The predicted molar refractivity (Wildman–Crippen MR) is 78.5 cm³/mol. The zero-order valence-corrected chi connectivity index (χ0v) is 13.0. The lowest BCUT2D eigenvalue weighted by molar-refractivity contribution is -0.00278. The van der Waals surface area contributed by atoms with Crippen molar-refractivity contribution < 1.29 is 17.9 Å². The van der Waals surface area contributed by atoms with Gasteiger partial charge < -0.3 is 10.5 Å². The van der Waals surface area contributed by atoms with Crippen molar-refractivity contribution in [2.24, 2.45) is 5.73 Å². The third-order valence-corrected chi connectivity index (χ3v) is 5.53. The number of amides is 1. The summed E-state index contributed by atoms with van der Waals surface area (Å²) in [5.41, 5.74) is 6.18. The monoisotopic (exact) mass is 312 g/mol. The molecule has 1 aliphatic rings. The lowest BCUT2D eigenvalue weighted by Gasteiger charge is -2.31. The largest absolute Gasteiger partial charge is 0.375 e. The molecule has 1 saturated heterocycles. The van der Waals surface area contributed by atoms with Crippen LogP contribution in [0.25, 0.3) is 0 Å². The molecular weight excluding hydrogens is 292 g/mol. The molecule has 0 unspecified atom stereocenters. The molecule has 1 heterocycles. The van der Waals surface area contributed by atoms with E-state index in [9.17, 15) is 13.2 Å². The Morgan fingerprint density at radius 2 is 2.19 bits per heavy atom. The quantitative estimate of drug-likeness (QED) is 0.894. The Bertz CT molecular complexity index is 642. The van der Waals surface area contributed by atoms with E-state index in [1.165, 1.54) is 16.4 Å². The maximum atomic E-state index is 12.7. The summed E-state index contributed by atoms with van der Waals surface area (Å²) in [6.07, 6.45) is 0.668. The summed E-state index contributed by atoms with van der Waals surface area (Å²) in [6, 6.07) is 4.46. The summed E-state index contributed by atoms with van der Waals surface area (Å²) in [5, 5.41) is 0. The van der Waals surface area contributed by atoms with Crippen LogP contribution in [0.3, 0.4) is 0 Å². The lowest BCUT2D eigenvalue weighted by Crippen LogP contribution is -2.45. The molecule has 1 aliphatic heterocycles. The number of hydrogen-bond acceptors (Lipinski definition) is 4. The number of carbonyl (C=O) groups is 1. The fraction of sp³-hybridized carbons (Fsp3) is 0.500. The molecule has 1 atom stereocenters. The van der Waals surface area contributed by atoms with Gasteiger partial charge in [-0.3, -0.25) is 4.79 Å². The minimum absolute atomic E-state index is 0.0883. The van der Waals surface area contributed by atoms with Crippen molar-refractivity contribution in [2.45, 2.75) is 31.3 Å². The van der Waals surface area contributed by atoms with Gasteiger partial charge in [0.15, 0.2) is 0 Å². The van der Waals surface area contributed by atoms with Crippen molar-refractivity contribution in [1.29, 1.82) is 0 Å². The van der Waals surface area contributed by atoms with Gasteiger partial charge >= 0.3 is 0 Å². The van der Waals surface area contributed by atoms with Gasteiger partial charge in [0.2, 0.25) is 15.9 Å². The van der Waals surface area contributed by atoms with E-state index in [1.807, 2.05) is 6.92 Å². The molecule has 0 spiro atoms. The van der Waals surface area contributed by atoms with Crippen molar-refractivity contribution in [3.63, 3.8) is 0 Å². The summed E-state index contributed by atoms with van der Waals surface area (Å²) in [5.74, 6) is -0.627. The Kier molecular flexibility index (Phi) is 4.65. The van der Waals surface area contributed by atoms with E-state index in [-0.39, 0.29) is 16.6 Å². The molecule has 7 heteroatoms. The van der Waals surface area contributed by atoms with Gasteiger partial charge in [-0.1, -0.05) is 13.0 Å². The van der Waals surface area contributed by atoms with Gasteiger partial charge in [0.25, 0.3) is 0 Å². The van der Waals surface area contributed by atoms with Crippen LogP contribution in [0.2, 0.25) is 0 Å². The Hall–Kier alpha value is -1.44. The fourth-order valence-electron chi connectivity index (χ4n) is 2.33. The Morgan fingerprint density at radius 3 is 2.81 bits per heavy atom. The average molecular weight is 312 g/mol. The molecule has 21 heavy (non-hydrogen) atoms. The summed E-state index contributed by atoms with van der Waals surface area (Å²) in [4.78, 5) is 11.5. The van der Waals surface area contributed by atoms with E-state index in [4.69, 9.17) is 10.5 Å². The summed E-state index contributed by atoms with van der Waals surface area (Å²) in [7, 11) is -3.63. The summed E-state index contributed by atoms with van der Waals surface area (Å²) < 4.78 is 32.2. The van der Waals surface area contributed by atoms with E-state index >= 15 is 0 Å². The van der Waals surface area contributed by atoms with Crippen molar-refractivity contribution in [3.05, 3.63) is 29.3 Å². The third-order valence-electron chi connectivity index (χ3n) is 3.67. The first-order valence-corrected chi connectivity index (χ1v) is 8.32. The van der Waals surface area contributed by atoms with Gasteiger partial charge in [0.1, 0.15) is 0 Å². The number of rotatable bonds is 4. The summed E-state index contributed by atoms with van der Waals surface area (Å²) in [6.45, 7) is 4.71. The van der Waals surface area contributed by atoms with Crippen LogP contribution in [0.5, 0.6) is 0 Å². The van der Waals surface area contributed by atoms with Crippen LogP contribution >= 0.6 is 0 Å². The number of primary amides is 1. The van der Waals surface area contributed by atoms with Gasteiger partial charge in [-0.2, -0.15) is 4.31 Å². The second kappa shape index (κ2) is 6.13. The molecule has 6 nitrogen and oxygen atoms in total. The number of sulfonamides is 1. The number of morpholine rings is 1. The molecule has 0 bridgehead atoms. The number of nitrogens with zero attached hydrogens (tertiary/aromatic N) is 1. The Morgan fingerprint density at radius 1 is 1.48 bits per heavy atom. The minimum Gasteiger partial charge on any atom is -0.375 e. The molecule has 1 aromatic carbocycles. The van der Waals surface area contributed by atoms with E-state index < -0.39 is 15.9 Å². The molecule has 1 fully saturated rings. The van der Waals surface area contributed by atoms with E-state index in [2.05, 4.69) is 0 Å². The number of ether oxygens (including phenoxy) is 1. The van der Waals surface area contributed by atoms with Crippen LogP contribution in [0, 0.1) is 6.92 Å². The highest BCUT2D eigenvalue weighted by atomic mass is 32.2. The first kappa shape index (κ1) is 15.9. The smallest absolute Gasteiger partial charge is 0.249 e. The number of benzene rings is 1. The fourth-order valence-corrected chi connectivity index (χ4v) is 3.82. The van der Waals surface area contributed by atoms with Gasteiger partial charge in [0, 0.05) is 18.7 Å². The molecule has 0 aromatic heterocycles. The van der Waals surface area contributed by atoms with Gasteiger partial charge in [-0.25, -0.2) is 8.42 Å². The zero-order chi connectivity index (χ0) is 15.6. The number of nitrogens with two attached hydrogens (primary N) is 1. The van der Waals surface area contributed by atoms with E-state index in [0.29, 0.717) is 25.3 Å². The van der Waals surface area contributed by atoms with Crippen molar-refractivity contribution in [3.8, 4) is 0 Å². The highest BCUT2D eigenvalue weighted by molar-refractivity contribution is 7.89. The minimum atomic E-state index is -3.63. The van der Waals surface area contributed by atoms with Crippen LogP contribution in [0.4, 0.5) is 0 Å². The lowest BCUT2D eigenvalue weighted by atomic mass is 10.1. The molecule has 2 rings (SSSR count). The normalized spacial score (nSPS) is 20.4. The van der Waals surface area contributed by atoms with Crippen LogP contribution in [0.15, 0.2) is 23.1 Å². The number of hydrogen-bond donors (Lipinski definition) is 1. The van der Waals surface area contributed by atoms with Crippen molar-refractivity contribution in [2.75, 3.05) is 19.7 Å². The van der Waals surface area contributed by atoms with Crippen LogP contribution in [-0.2, 0) is 14.8 Å². The molecule has 116 valence electrons. The highest BCUT2D eigenvalue weighted by Crippen LogP contribution is 2.22. The van der Waals surface area contributed by atoms with Crippen molar-refractivity contribution >= 4 is 15.9 Å². The van der Waals surface area contributed by atoms with Crippen molar-refractivity contribution in [1.82, 2.24) is 4.31 Å². The molecule has 0 radical (unpaired) electrons. The molecule has 1 aromatic rings. The number of carbonyl (C=O) groups excluding carboxylic acids is 1. The standard InChI is InChI=1S/C14H20N2O4S/c1-3-11-9-16(6-7-20-11)21(18,19)12-5-4-10(2)13(8-12)14(15)17/h4-5,8,11H,3,6-7,9H2,1-2H3,(H2,15,17)/t11-/m1/s1. The SMILES string of the molecule is CC[C@@H]1CN(S(=O)(=O)c2ccc(C)c(C(N)=O)c2)CCO1. The maximum absolute atomic E-state index is 12.7. The van der Waals surface area contributed by atoms with E-state index in [0.717, 1.165) is 6.42 Å². The van der Waals surface area contributed by atoms with Crippen LogP contribution in [0.1, 0.15) is 29.3 Å². The number of aryl methyl sites for hydroxylation is 1. The van der Waals surface area contributed by atoms with Gasteiger partial charge in [-0.15, -0.1) is 0 Å². The topological polar surface area (TPSA) is 89.7 Å². The molecule has 0 saturated carbocycles. The maximum Gasteiger partial charge on any atom is 0.249 e. The third kappa shape index (κ3) is 3.25. The Labute approximate surface area is 124 Å². The van der Waals surface area contributed by atoms with E-state index in [1.54, 1.807) is 13.0 Å². The zero-order valence-electron chi connectivity index (χ0n) is 12.2. The first-order valence-electron chi connectivity index (χ1n) is 6.88. The molecular formula is C14H20N2O4S. The first-order chi connectivity index (χ1) is 9.86.